The first-order chi connectivity index (χ1) is 7.18. The van der Waals surface area contributed by atoms with Crippen molar-refractivity contribution in [3.8, 4) is 0 Å². The van der Waals surface area contributed by atoms with Crippen molar-refractivity contribution in [2.75, 3.05) is 0 Å². The fourth-order valence-corrected chi connectivity index (χ4v) is 1.65. The van der Waals surface area contributed by atoms with Gasteiger partial charge in [0.1, 0.15) is 0 Å². The number of halogens is 1. The van der Waals surface area contributed by atoms with E-state index in [4.69, 9.17) is 0 Å². The molecular formula is C14H19AlBrLi. The van der Waals surface area contributed by atoms with Crippen LogP contribution in [0.3, 0.4) is 0 Å². The Morgan fingerprint density at radius 2 is 1.35 bits per heavy atom. The quantitative estimate of drug-likeness (QED) is 0.628. The summed E-state index contributed by atoms with van der Waals surface area (Å²) in [6, 6.07) is 18.5. The molecule has 2 aromatic rings. The molecule has 0 saturated carbocycles. The molecule has 0 amide bonds. The van der Waals surface area contributed by atoms with Crippen LogP contribution in [0.2, 0.25) is 0 Å². The molecule has 0 heterocycles. The van der Waals surface area contributed by atoms with E-state index in [1.807, 2.05) is 30.3 Å². The van der Waals surface area contributed by atoms with Gasteiger partial charge in [-0.25, -0.2) is 0 Å². The van der Waals surface area contributed by atoms with Gasteiger partial charge in [-0.2, -0.15) is 0 Å². The van der Waals surface area contributed by atoms with E-state index in [0.717, 1.165) is 4.47 Å². The van der Waals surface area contributed by atoms with Crippen molar-refractivity contribution in [3.63, 3.8) is 0 Å². The summed E-state index contributed by atoms with van der Waals surface area (Å²) in [6.45, 7) is 4.16. The topological polar surface area (TPSA) is 0 Å². The first-order valence-corrected chi connectivity index (χ1v) is 5.71. The molecule has 0 aromatic heterocycles. The molecule has 0 N–H and O–H groups in total. The number of hydrogen-bond acceptors (Lipinski definition) is 0. The average Bonchev–Trinajstić information content (AvgIpc) is 2.19. The number of rotatable bonds is 0. The van der Waals surface area contributed by atoms with Crippen molar-refractivity contribution in [2.45, 2.75) is 13.8 Å². The fourth-order valence-electron chi connectivity index (χ4n) is 1.14. The van der Waals surface area contributed by atoms with Crippen LogP contribution >= 0.6 is 15.9 Å². The summed E-state index contributed by atoms with van der Waals surface area (Å²) in [5, 5.41) is 0. The van der Waals surface area contributed by atoms with Gasteiger partial charge in [-0.1, -0.05) is 69.5 Å². The maximum Gasteiger partial charge on any atom is 1.00 e. The van der Waals surface area contributed by atoms with E-state index >= 15 is 0 Å². The molecule has 0 atom stereocenters. The summed E-state index contributed by atoms with van der Waals surface area (Å²) in [5.41, 5.74) is 2.61. The summed E-state index contributed by atoms with van der Waals surface area (Å²) in [7, 11) is 0. The molecule has 0 fully saturated rings. The number of benzene rings is 2. The van der Waals surface area contributed by atoms with Crippen molar-refractivity contribution in [2.24, 2.45) is 0 Å². The molecule has 0 radical (unpaired) electrons. The normalized spacial score (nSPS) is 7.94. The summed E-state index contributed by atoms with van der Waals surface area (Å²) in [6.07, 6.45) is 0. The maximum atomic E-state index is 3.36. The van der Waals surface area contributed by atoms with Gasteiger partial charge in [0.2, 0.25) is 0 Å². The Labute approximate surface area is 137 Å². The van der Waals surface area contributed by atoms with E-state index < -0.39 is 0 Å². The second-order valence-corrected chi connectivity index (χ2v) is 4.37. The Morgan fingerprint density at radius 3 is 1.65 bits per heavy atom. The van der Waals surface area contributed by atoms with Crippen LogP contribution in [0.4, 0.5) is 0 Å². The van der Waals surface area contributed by atoms with Crippen LogP contribution in [0.5, 0.6) is 0 Å². The first-order valence-electron chi connectivity index (χ1n) is 4.92. The van der Waals surface area contributed by atoms with Gasteiger partial charge in [0.25, 0.3) is 0 Å². The molecule has 0 aliphatic heterocycles. The van der Waals surface area contributed by atoms with Gasteiger partial charge in [-0.05, 0) is 26.0 Å². The summed E-state index contributed by atoms with van der Waals surface area (Å²) in [4.78, 5) is 0. The van der Waals surface area contributed by atoms with Crippen molar-refractivity contribution < 1.29 is 20.3 Å². The molecular weight excluding hydrogens is 282 g/mol. The van der Waals surface area contributed by atoms with Gasteiger partial charge in [0.15, 0.2) is 17.4 Å². The predicted octanol–water partition coefficient (Wildman–Crippen LogP) is 0.685. The minimum Gasteiger partial charge on any atom is -1.00 e. The number of aryl methyl sites for hydroxylation is 2. The van der Waals surface area contributed by atoms with Crippen molar-refractivity contribution in [1.29, 1.82) is 0 Å². The molecule has 17 heavy (non-hydrogen) atoms. The second-order valence-electron chi connectivity index (χ2n) is 3.45. The zero-order valence-corrected chi connectivity index (χ0v) is 11.7. The summed E-state index contributed by atoms with van der Waals surface area (Å²) >= 11 is 3.36. The monoisotopic (exact) mass is 300 g/mol. The third-order valence-corrected chi connectivity index (χ3v) is 2.41. The molecule has 86 valence electrons. The summed E-state index contributed by atoms with van der Waals surface area (Å²) in [5.74, 6) is 0. The molecule has 2 aromatic carbocycles. The van der Waals surface area contributed by atoms with Crippen LogP contribution < -0.4 is 18.9 Å². The largest absolute Gasteiger partial charge is 1.00 e. The molecule has 2 rings (SSSR count). The second kappa shape index (κ2) is 11.2. The van der Waals surface area contributed by atoms with Gasteiger partial charge >= 0.3 is 18.9 Å². The minimum absolute atomic E-state index is 0. The predicted molar refractivity (Wildman–Crippen MR) is 81.1 cm³/mol. The molecule has 0 nitrogen and oxygen atoms in total. The summed E-state index contributed by atoms with van der Waals surface area (Å²) < 4.78 is 1.15. The molecule has 0 aliphatic rings. The van der Waals surface area contributed by atoms with Gasteiger partial charge < -0.3 is 1.43 Å². The molecule has 0 bridgehead atoms. The molecule has 0 unspecified atom stereocenters. The van der Waals surface area contributed by atoms with Crippen LogP contribution in [0, 0.1) is 13.8 Å². The van der Waals surface area contributed by atoms with E-state index in [1.165, 1.54) is 11.1 Å². The Balaban J connectivity index is -0.000000215. The van der Waals surface area contributed by atoms with Crippen molar-refractivity contribution in [3.05, 3.63) is 70.2 Å². The minimum atomic E-state index is 0. The van der Waals surface area contributed by atoms with Crippen LogP contribution in [-0.2, 0) is 0 Å². The van der Waals surface area contributed by atoms with Crippen molar-refractivity contribution in [1.82, 2.24) is 0 Å². The van der Waals surface area contributed by atoms with Crippen LogP contribution in [0.15, 0.2) is 59.1 Å². The molecule has 0 saturated heterocycles. The Kier molecular flexibility index (Phi) is 12.7. The van der Waals surface area contributed by atoms with Crippen LogP contribution in [0.25, 0.3) is 0 Å². The fraction of sp³-hybridized carbons (Fsp3) is 0.143. The zero-order chi connectivity index (χ0) is 11.1. The van der Waals surface area contributed by atoms with Crippen LogP contribution in [0.1, 0.15) is 12.6 Å². The molecule has 0 aliphatic carbocycles. The van der Waals surface area contributed by atoms with E-state index in [1.54, 1.807) is 0 Å². The Hall–Kier alpha value is 0.0499. The SMILES string of the molecule is Cc1cccc(Br)c1.Cc1ccccc1.[AlH3].[H-].[Li+]. The van der Waals surface area contributed by atoms with Gasteiger partial charge in [0.05, 0.1) is 0 Å². The van der Waals surface area contributed by atoms with E-state index in [0.29, 0.717) is 0 Å². The first kappa shape index (κ1) is 19.4. The van der Waals surface area contributed by atoms with Gasteiger partial charge in [0, 0.05) is 4.47 Å². The van der Waals surface area contributed by atoms with E-state index in [9.17, 15) is 0 Å². The van der Waals surface area contributed by atoms with Gasteiger partial charge in [-0.15, -0.1) is 0 Å². The Morgan fingerprint density at radius 1 is 0.824 bits per heavy atom. The third kappa shape index (κ3) is 9.72. The average molecular weight is 301 g/mol. The standard InChI is InChI=1S/C7H7Br.C7H8.Al.Li.4H/c1-6-3-2-4-7(8)5-6;1-7-5-3-2-4-6-7;;;;;;/h2-5H,1H3;2-6H,1H3;;;;;;/q;;;+1;;;;-1. The van der Waals surface area contributed by atoms with E-state index in [2.05, 4.69) is 54.0 Å². The maximum absolute atomic E-state index is 3.36. The smallest absolute Gasteiger partial charge is 1.00 e. The van der Waals surface area contributed by atoms with Gasteiger partial charge in [-0.3, -0.25) is 0 Å². The van der Waals surface area contributed by atoms with Crippen LogP contribution in [-0.4, -0.2) is 17.4 Å². The van der Waals surface area contributed by atoms with E-state index in [-0.39, 0.29) is 37.6 Å². The molecule has 3 heteroatoms. The third-order valence-electron chi connectivity index (χ3n) is 1.92. The zero-order valence-electron chi connectivity index (χ0n) is 11.1. The van der Waals surface area contributed by atoms with Crippen molar-refractivity contribution >= 4 is 33.3 Å². The number of hydrogen-bond donors (Lipinski definition) is 0. The Bertz CT molecular complexity index is 392. The molecule has 0 spiro atoms.